The van der Waals surface area contributed by atoms with Gasteiger partial charge in [-0.2, -0.15) is 4.98 Å². The highest BCUT2D eigenvalue weighted by Gasteiger charge is 2.11. The van der Waals surface area contributed by atoms with Gasteiger partial charge in [-0.3, -0.25) is 0 Å². The number of nitrogens with zero attached hydrogens (tertiary/aromatic N) is 2. The maximum atomic E-state index is 5.32. The van der Waals surface area contributed by atoms with E-state index in [2.05, 4.69) is 35.9 Å². The molecule has 3 nitrogen and oxygen atoms in total. The molecule has 0 saturated heterocycles. The van der Waals surface area contributed by atoms with Crippen molar-refractivity contribution in [2.24, 2.45) is 0 Å². The number of rotatable bonds is 3. The van der Waals surface area contributed by atoms with Gasteiger partial charge in [0.05, 0.1) is 12.8 Å². The highest BCUT2D eigenvalue weighted by Crippen LogP contribution is 2.23. The standard InChI is InChI=1S/C15H18N2O/c1-5-13-11(3)15(18-4)17-14(16-13)12-8-6-10(2)7-9-12/h6-9H,5H2,1-4H3. The fourth-order valence-electron chi connectivity index (χ4n) is 1.91. The number of benzene rings is 1. The SMILES string of the molecule is CCc1nc(-c2ccc(C)cc2)nc(OC)c1C. The zero-order valence-electron chi connectivity index (χ0n) is 11.3. The largest absolute Gasteiger partial charge is 0.481 e. The van der Waals surface area contributed by atoms with E-state index < -0.39 is 0 Å². The Morgan fingerprint density at radius 2 is 1.72 bits per heavy atom. The molecule has 0 aliphatic rings. The smallest absolute Gasteiger partial charge is 0.219 e. The van der Waals surface area contributed by atoms with Crippen molar-refractivity contribution in [1.29, 1.82) is 0 Å². The minimum absolute atomic E-state index is 0.664. The second-order valence-electron chi connectivity index (χ2n) is 4.35. The summed E-state index contributed by atoms with van der Waals surface area (Å²) in [5.41, 5.74) is 4.32. The van der Waals surface area contributed by atoms with Gasteiger partial charge >= 0.3 is 0 Å². The van der Waals surface area contributed by atoms with E-state index in [1.807, 2.05) is 19.1 Å². The second kappa shape index (κ2) is 5.17. The fourth-order valence-corrected chi connectivity index (χ4v) is 1.91. The molecule has 18 heavy (non-hydrogen) atoms. The van der Waals surface area contributed by atoms with Gasteiger partial charge in [0.25, 0.3) is 0 Å². The van der Waals surface area contributed by atoms with Crippen LogP contribution in [-0.4, -0.2) is 17.1 Å². The van der Waals surface area contributed by atoms with Crippen molar-refractivity contribution >= 4 is 0 Å². The monoisotopic (exact) mass is 242 g/mol. The van der Waals surface area contributed by atoms with Crippen LogP contribution in [-0.2, 0) is 6.42 Å². The van der Waals surface area contributed by atoms with Crippen LogP contribution in [0.5, 0.6) is 5.88 Å². The van der Waals surface area contributed by atoms with Gasteiger partial charge in [-0.1, -0.05) is 36.8 Å². The van der Waals surface area contributed by atoms with Crippen molar-refractivity contribution in [3.8, 4) is 17.3 Å². The van der Waals surface area contributed by atoms with E-state index in [9.17, 15) is 0 Å². The summed E-state index contributed by atoms with van der Waals surface area (Å²) in [7, 11) is 1.65. The first-order valence-electron chi connectivity index (χ1n) is 6.14. The highest BCUT2D eigenvalue weighted by atomic mass is 16.5. The third kappa shape index (κ3) is 2.35. The van der Waals surface area contributed by atoms with Gasteiger partial charge in [0.2, 0.25) is 5.88 Å². The van der Waals surface area contributed by atoms with Gasteiger partial charge in [0.1, 0.15) is 0 Å². The molecule has 0 atom stereocenters. The number of hydrogen-bond donors (Lipinski definition) is 0. The summed E-state index contributed by atoms with van der Waals surface area (Å²) in [6.45, 7) is 6.15. The average Bonchev–Trinajstić information content (AvgIpc) is 2.40. The second-order valence-corrected chi connectivity index (χ2v) is 4.35. The Bertz CT molecular complexity index is 522. The lowest BCUT2D eigenvalue weighted by Gasteiger charge is -2.10. The van der Waals surface area contributed by atoms with Crippen LogP contribution in [0.15, 0.2) is 24.3 Å². The van der Waals surface area contributed by atoms with E-state index >= 15 is 0 Å². The van der Waals surface area contributed by atoms with Crippen LogP contribution in [0, 0.1) is 13.8 Å². The van der Waals surface area contributed by atoms with Crippen LogP contribution >= 0.6 is 0 Å². The summed E-state index contributed by atoms with van der Waals surface area (Å²) in [4.78, 5) is 9.07. The number of hydrogen-bond acceptors (Lipinski definition) is 3. The van der Waals surface area contributed by atoms with Crippen LogP contribution in [0.3, 0.4) is 0 Å². The molecule has 0 spiro atoms. The molecule has 0 bridgehead atoms. The number of methoxy groups -OCH3 is 1. The number of ether oxygens (including phenoxy) is 1. The molecule has 1 aromatic carbocycles. The molecule has 0 aliphatic carbocycles. The molecule has 0 saturated carbocycles. The minimum Gasteiger partial charge on any atom is -0.481 e. The molecule has 94 valence electrons. The van der Waals surface area contributed by atoms with Crippen LogP contribution < -0.4 is 4.74 Å². The molecule has 0 unspecified atom stereocenters. The molecule has 0 amide bonds. The van der Waals surface area contributed by atoms with Gasteiger partial charge in [0.15, 0.2) is 5.82 Å². The van der Waals surface area contributed by atoms with Crippen molar-refractivity contribution in [2.45, 2.75) is 27.2 Å². The lowest BCUT2D eigenvalue weighted by molar-refractivity contribution is 0.393. The minimum atomic E-state index is 0.664. The van der Waals surface area contributed by atoms with Crippen LogP contribution in [0.1, 0.15) is 23.7 Å². The Kier molecular flexibility index (Phi) is 3.60. The zero-order valence-corrected chi connectivity index (χ0v) is 11.3. The van der Waals surface area contributed by atoms with Gasteiger partial charge in [-0.15, -0.1) is 0 Å². The Balaban J connectivity index is 2.54. The lowest BCUT2D eigenvalue weighted by atomic mass is 10.1. The molecular formula is C15H18N2O. The normalized spacial score (nSPS) is 10.4. The number of aryl methyl sites for hydroxylation is 2. The highest BCUT2D eigenvalue weighted by molar-refractivity contribution is 5.57. The molecule has 0 fully saturated rings. The van der Waals surface area contributed by atoms with Crippen LogP contribution in [0.2, 0.25) is 0 Å². The summed E-state index contributed by atoms with van der Waals surface area (Å²) in [5.74, 6) is 1.40. The van der Waals surface area contributed by atoms with E-state index in [1.54, 1.807) is 7.11 Å². The van der Waals surface area contributed by atoms with Gasteiger partial charge in [0, 0.05) is 11.1 Å². The third-order valence-corrected chi connectivity index (χ3v) is 3.04. The summed E-state index contributed by atoms with van der Waals surface area (Å²) in [6, 6.07) is 8.21. The zero-order chi connectivity index (χ0) is 13.1. The van der Waals surface area contributed by atoms with E-state index in [4.69, 9.17) is 4.74 Å². The average molecular weight is 242 g/mol. The molecule has 1 aromatic heterocycles. The third-order valence-electron chi connectivity index (χ3n) is 3.04. The molecule has 2 rings (SSSR count). The Labute approximate surface area is 108 Å². The van der Waals surface area contributed by atoms with Gasteiger partial charge in [-0.25, -0.2) is 4.98 Å². The summed E-state index contributed by atoms with van der Waals surface area (Å²) in [6.07, 6.45) is 0.879. The lowest BCUT2D eigenvalue weighted by Crippen LogP contribution is -2.02. The van der Waals surface area contributed by atoms with Crippen molar-refractivity contribution in [1.82, 2.24) is 9.97 Å². The van der Waals surface area contributed by atoms with Gasteiger partial charge < -0.3 is 4.74 Å². The first-order chi connectivity index (χ1) is 8.65. The Hall–Kier alpha value is -1.90. The summed E-state index contributed by atoms with van der Waals surface area (Å²) >= 11 is 0. The Morgan fingerprint density at radius 3 is 2.28 bits per heavy atom. The molecule has 2 aromatic rings. The van der Waals surface area contributed by atoms with Crippen LogP contribution in [0.4, 0.5) is 0 Å². The molecule has 0 aliphatic heterocycles. The van der Waals surface area contributed by atoms with E-state index in [-0.39, 0.29) is 0 Å². The van der Waals surface area contributed by atoms with Crippen LogP contribution in [0.25, 0.3) is 11.4 Å². The van der Waals surface area contributed by atoms with Gasteiger partial charge in [-0.05, 0) is 20.3 Å². The molecule has 0 N–H and O–H groups in total. The maximum Gasteiger partial charge on any atom is 0.219 e. The predicted molar refractivity (Wildman–Crippen MR) is 72.9 cm³/mol. The predicted octanol–water partition coefficient (Wildman–Crippen LogP) is 3.33. The van der Waals surface area contributed by atoms with Crippen molar-refractivity contribution in [3.63, 3.8) is 0 Å². The van der Waals surface area contributed by atoms with Crippen molar-refractivity contribution < 1.29 is 4.74 Å². The van der Waals surface area contributed by atoms with Crippen molar-refractivity contribution in [2.75, 3.05) is 7.11 Å². The topological polar surface area (TPSA) is 35.0 Å². The molecular weight excluding hydrogens is 224 g/mol. The van der Waals surface area contributed by atoms with E-state index in [0.29, 0.717) is 5.88 Å². The molecule has 0 radical (unpaired) electrons. The Morgan fingerprint density at radius 1 is 1.06 bits per heavy atom. The van der Waals surface area contributed by atoms with Crippen molar-refractivity contribution in [3.05, 3.63) is 41.1 Å². The first kappa shape index (κ1) is 12.6. The molecule has 1 heterocycles. The quantitative estimate of drug-likeness (QED) is 0.828. The fraction of sp³-hybridized carbons (Fsp3) is 0.333. The number of aromatic nitrogens is 2. The summed E-state index contributed by atoms with van der Waals surface area (Å²) < 4.78 is 5.32. The first-order valence-corrected chi connectivity index (χ1v) is 6.14. The summed E-state index contributed by atoms with van der Waals surface area (Å²) in [5, 5.41) is 0. The maximum absolute atomic E-state index is 5.32. The van der Waals surface area contributed by atoms with E-state index in [0.717, 1.165) is 29.1 Å². The molecule has 3 heteroatoms. The van der Waals surface area contributed by atoms with E-state index in [1.165, 1.54) is 5.56 Å².